The Labute approximate surface area is 169 Å². The summed E-state index contributed by atoms with van der Waals surface area (Å²) in [5.41, 5.74) is 3.68. The van der Waals surface area contributed by atoms with Crippen molar-refractivity contribution in [3.8, 4) is 16.9 Å². The average Bonchev–Trinajstić information content (AvgIpc) is 3.22. The quantitative estimate of drug-likeness (QED) is 0.667. The third-order valence-corrected chi connectivity index (χ3v) is 6.89. The summed E-state index contributed by atoms with van der Waals surface area (Å²) in [4.78, 5) is 16.6. The number of benzene rings is 1. The molecule has 144 valence electrons. The second-order valence-corrected chi connectivity index (χ2v) is 8.91. The Kier molecular flexibility index (Phi) is 4.57. The summed E-state index contributed by atoms with van der Waals surface area (Å²) < 4.78 is 7.35. The molecule has 0 spiro atoms. The molecule has 1 aromatic carbocycles. The first kappa shape index (κ1) is 17.7. The van der Waals surface area contributed by atoms with E-state index in [4.69, 9.17) is 4.74 Å². The summed E-state index contributed by atoms with van der Waals surface area (Å²) in [7, 11) is 1.68. The van der Waals surface area contributed by atoms with Gasteiger partial charge in [0, 0.05) is 54.3 Å². The van der Waals surface area contributed by atoms with Crippen LogP contribution >= 0.6 is 11.3 Å². The fourth-order valence-corrected chi connectivity index (χ4v) is 5.63. The highest BCUT2D eigenvalue weighted by atomic mass is 32.1. The molecule has 28 heavy (non-hydrogen) atoms. The number of thiophene rings is 1. The van der Waals surface area contributed by atoms with Gasteiger partial charge in [0.15, 0.2) is 0 Å². The van der Waals surface area contributed by atoms with Crippen LogP contribution in [0, 0.1) is 5.92 Å². The fourth-order valence-electron chi connectivity index (χ4n) is 4.88. The van der Waals surface area contributed by atoms with Crippen molar-refractivity contribution in [1.82, 2.24) is 9.47 Å². The molecule has 2 aliphatic rings. The van der Waals surface area contributed by atoms with Gasteiger partial charge in [-0.05, 0) is 47.5 Å². The molecule has 5 heteroatoms. The number of nitrogens with zero attached hydrogens (tertiary/aromatic N) is 2. The minimum Gasteiger partial charge on any atom is -0.497 e. The summed E-state index contributed by atoms with van der Waals surface area (Å²) in [5, 5.41) is 2.15. The number of ether oxygens (including phenoxy) is 1. The van der Waals surface area contributed by atoms with Crippen LogP contribution in [0.25, 0.3) is 11.1 Å². The van der Waals surface area contributed by atoms with E-state index in [9.17, 15) is 4.79 Å². The summed E-state index contributed by atoms with van der Waals surface area (Å²) >= 11 is 1.83. The van der Waals surface area contributed by atoms with Gasteiger partial charge in [0.2, 0.25) is 0 Å². The first-order valence-electron chi connectivity index (χ1n) is 9.84. The monoisotopic (exact) mass is 392 g/mol. The van der Waals surface area contributed by atoms with E-state index in [0.29, 0.717) is 11.8 Å². The summed E-state index contributed by atoms with van der Waals surface area (Å²) in [6.45, 7) is 3.93. The van der Waals surface area contributed by atoms with Crippen LogP contribution in [0.1, 0.15) is 22.9 Å². The zero-order valence-electron chi connectivity index (χ0n) is 16.0. The molecule has 4 heterocycles. The number of likely N-dealkylation sites (tertiary alicyclic amines) is 1. The second kappa shape index (κ2) is 7.22. The maximum Gasteiger partial charge on any atom is 0.250 e. The highest BCUT2D eigenvalue weighted by molar-refractivity contribution is 7.09. The van der Waals surface area contributed by atoms with Crippen molar-refractivity contribution in [3.05, 3.63) is 74.8 Å². The molecule has 0 N–H and O–H groups in total. The molecule has 2 atom stereocenters. The largest absolute Gasteiger partial charge is 0.497 e. The van der Waals surface area contributed by atoms with Crippen molar-refractivity contribution in [2.45, 2.75) is 25.4 Å². The first-order valence-corrected chi connectivity index (χ1v) is 10.7. The maximum atomic E-state index is 12.6. The summed E-state index contributed by atoms with van der Waals surface area (Å²) in [6, 6.07) is 16.3. The van der Waals surface area contributed by atoms with Crippen molar-refractivity contribution in [1.29, 1.82) is 0 Å². The molecular weight excluding hydrogens is 368 g/mol. The van der Waals surface area contributed by atoms with Gasteiger partial charge in [0.05, 0.1) is 7.11 Å². The molecule has 2 aromatic heterocycles. The molecule has 0 radical (unpaired) electrons. The Bertz CT molecular complexity index is 1020. The minimum atomic E-state index is 0.133. The van der Waals surface area contributed by atoms with Gasteiger partial charge in [0.1, 0.15) is 5.75 Å². The highest BCUT2D eigenvalue weighted by Crippen LogP contribution is 2.40. The number of piperidine rings is 1. The third-order valence-electron chi connectivity index (χ3n) is 6.03. The highest BCUT2D eigenvalue weighted by Gasteiger charge is 2.36. The molecule has 1 fully saturated rings. The van der Waals surface area contributed by atoms with Gasteiger partial charge in [-0.2, -0.15) is 0 Å². The molecular formula is C23H24N2O2S. The van der Waals surface area contributed by atoms with Gasteiger partial charge in [-0.25, -0.2) is 0 Å². The lowest BCUT2D eigenvalue weighted by atomic mass is 9.80. The topological polar surface area (TPSA) is 34.5 Å². The second-order valence-electron chi connectivity index (χ2n) is 7.88. The van der Waals surface area contributed by atoms with Gasteiger partial charge in [-0.1, -0.05) is 18.2 Å². The lowest BCUT2D eigenvalue weighted by Crippen LogP contribution is -2.46. The van der Waals surface area contributed by atoms with Crippen molar-refractivity contribution in [2.75, 3.05) is 20.2 Å². The maximum absolute atomic E-state index is 12.6. The van der Waals surface area contributed by atoms with E-state index in [1.165, 1.54) is 22.6 Å². The Morgan fingerprint density at radius 1 is 1.07 bits per heavy atom. The Balaban J connectivity index is 1.52. The average molecular weight is 393 g/mol. The van der Waals surface area contributed by atoms with Crippen LogP contribution in [0.2, 0.25) is 0 Å². The zero-order valence-corrected chi connectivity index (χ0v) is 16.8. The molecule has 3 aromatic rings. The first-order chi connectivity index (χ1) is 13.7. The number of fused-ring (bicyclic) bond motifs is 4. The zero-order chi connectivity index (χ0) is 19.1. The smallest absolute Gasteiger partial charge is 0.250 e. The van der Waals surface area contributed by atoms with E-state index in [1.807, 2.05) is 34.1 Å². The Morgan fingerprint density at radius 3 is 2.68 bits per heavy atom. The number of pyridine rings is 1. The molecule has 2 aliphatic heterocycles. The van der Waals surface area contributed by atoms with Gasteiger partial charge in [0.25, 0.3) is 5.56 Å². The van der Waals surface area contributed by atoms with Crippen molar-refractivity contribution in [2.24, 2.45) is 5.92 Å². The normalized spacial score (nSPS) is 21.3. The molecule has 0 aliphatic carbocycles. The standard InChI is InChI=1S/C23H24N2O2S/c1-27-19-6-4-17(5-7-19)21-8-9-22(26)25-13-16-11-18(23(21)25)14-24(12-16)15-20-3-2-10-28-20/h2-10,16,18H,11-15H2,1H3. The van der Waals surface area contributed by atoms with Crippen LogP contribution in [0.5, 0.6) is 5.75 Å². The lowest BCUT2D eigenvalue weighted by Gasteiger charge is -2.43. The van der Waals surface area contributed by atoms with Crippen molar-refractivity contribution >= 4 is 11.3 Å². The van der Waals surface area contributed by atoms with Crippen LogP contribution < -0.4 is 10.3 Å². The number of methoxy groups -OCH3 is 1. The van der Waals surface area contributed by atoms with E-state index in [2.05, 4.69) is 34.5 Å². The van der Waals surface area contributed by atoms with E-state index >= 15 is 0 Å². The van der Waals surface area contributed by atoms with E-state index < -0.39 is 0 Å². The number of hydrogen-bond acceptors (Lipinski definition) is 4. The van der Waals surface area contributed by atoms with Gasteiger partial charge < -0.3 is 9.30 Å². The molecule has 0 amide bonds. The number of aromatic nitrogens is 1. The van der Waals surface area contributed by atoms with Crippen LogP contribution in [-0.4, -0.2) is 29.7 Å². The van der Waals surface area contributed by atoms with Gasteiger partial charge >= 0.3 is 0 Å². The van der Waals surface area contributed by atoms with Crippen LogP contribution in [0.15, 0.2) is 58.7 Å². The Hall–Kier alpha value is -2.37. The molecule has 1 saturated heterocycles. The molecule has 2 bridgehead atoms. The molecule has 0 saturated carbocycles. The minimum absolute atomic E-state index is 0.133. The van der Waals surface area contributed by atoms with E-state index in [0.717, 1.165) is 37.5 Å². The van der Waals surface area contributed by atoms with Crippen LogP contribution in [0.3, 0.4) is 0 Å². The van der Waals surface area contributed by atoms with Crippen LogP contribution in [-0.2, 0) is 13.1 Å². The van der Waals surface area contributed by atoms with Crippen molar-refractivity contribution in [3.63, 3.8) is 0 Å². The van der Waals surface area contributed by atoms with Gasteiger partial charge in [-0.3, -0.25) is 9.69 Å². The Morgan fingerprint density at radius 2 is 1.93 bits per heavy atom. The SMILES string of the molecule is COc1ccc(-c2ccc(=O)n3c2C2CC(CN(Cc4cccs4)C2)C3)cc1. The summed E-state index contributed by atoms with van der Waals surface area (Å²) in [6.07, 6.45) is 1.17. The van der Waals surface area contributed by atoms with Crippen molar-refractivity contribution < 1.29 is 4.74 Å². The lowest BCUT2D eigenvalue weighted by molar-refractivity contribution is 0.115. The molecule has 4 nitrogen and oxygen atoms in total. The molecule has 2 unspecified atom stereocenters. The number of rotatable bonds is 4. The third kappa shape index (κ3) is 3.19. The number of hydrogen-bond donors (Lipinski definition) is 0. The van der Waals surface area contributed by atoms with E-state index in [-0.39, 0.29) is 5.56 Å². The van der Waals surface area contributed by atoms with Crippen LogP contribution in [0.4, 0.5) is 0 Å². The summed E-state index contributed by atoms with van der Waals surface area (Å²) in [5.74, 6) is 1.80. The predicted octanol–water partition coefficient (Wildman–Crippen LogP) is 4.20. The van der Waals surface area contributed by atoms with E-state index in [1.54, 1.807) is 13.2 Å². The molecule has 5 rings (SSSR count). The van der Waals surface area contributed by atoms with Gasteiger partial charge in [-0.15, -0.1) is 11.3 Å². The fraction of sp³-hybridized carbons (Fsp3) is 0.348. The predicted molar refractivity (Wildman–Crippen MR) is 113 cm³/mol.